The molecule has 3 aromatic carbocycles. The van der Waals surface area contributed by atoms with Crippen LogP contribution in [0.5, 0.6) is 0 Å². The summed E-state index contributed by atoms with van der Waals surface area (Å²) in [5, 5.41) is 11.7. The van der Waals surface area contributed by atoms with Crippen LogP contribution in [0, 0.1) is 5.82 Å². The van der Waals surface area contributed by atoms with Crippen molar-refractivity contribution in [3.63, 3.8) is 0 Å². The number of halogens is 4. The number of oxazole rings is 1. The summed E-state index contributed by atoms with van der Waals surface area (Å²) >= 11 is 0. The van der Waals surface area contributed by atoms with E-state index in [1.165, 1.54) is 30.3 Å². The number of benzene rings is 3. The van der Waals surface area contributed by atoms with Gasteiger partial charge in [-0.3, -0.25) is 4.79 Å². The summed E-state index contributed by atoms with van der Waals surface area (Å²) in [5.41, 5.74) is 0.886. The van der Waals surface area contributed by atoms with Crippen LogP contribution in [0.15, 0.2) is 65.1 Å². The Balaban J connectivity index is 1.65. The topological polar surface area (TPSA) is 75.4 Å². The standard InChI is InChI=1S/C24H18F4N2O3/c25-17-3-1-2-15(11-17)18-6-5-16(12-19(18)24(26,27)28)23-30-20-10-14(4-7-21(20)33-23)13-29-9-8-22(31)32/h1-7,10-12,29H,8-9,13H2,(H,31,32). The summed E-state index contributed by atoms with van der Waals surface area (Å²) < 4.78 is 60.6. The minimum Gasteiger partial charge on any atom is -0.481 e. The highest BCUT2D eigenvalue weighted by molar-refractivity contribution is 5.78. The van der Waals surface area contributed by atoms with Gasteiger partial charge in [0.1, 0.15) is 11.3 Å². The maximum Gasteiger partial charge on any atom is 0.417 e. The Morgan fingerprint density at radius 3 is 2.58 bits per heavy atom. The molecule has 1 aromatic heterocycles. The highest BCUT2D eigenvalue weighted by Crippen LogP contribution is 2.40. The Bertz CT molecular complexity index is 1310. The van der Waals surface area contributed by atoms with Crippen LogP contribution in [0.4, 0.5) is 17.6 Å². The largest absolute Gasteiger partial charge is 0.481 e. The molecule has 0 aliphatic carbocycles. The normalized spacial score (nSPS) is 11.8. The van der Waals surface area contributed by atoms with Gasteiger partial charge in [-0.2, -0.15) is 13.2 Å². The number of carbonyl (C=O) groups is 1. The Hall–Kier alpha value is -3.72. The molecule has 0 atom stereocenters. The van der Waals surface area contributed by atoms with E-state index in [-0.39, 0.29) is 29.0 Å². The van der Waals surface area contributed by atoms with E-state index in [1.54, 1.807) is 18.2 Å². The third-order valence-corrected chi connectivity index (χ3v) is 5.00. The lowest BCUT2D eigenvalue weighted by atomic mass is 9.97. The zero-order valence-corrected chi connectivity index (χ0v) is 17.1. The van der Waals surface area contributed by atoms with Gasteiger partial charge in [-0.15, -0.1) is 0 Å². The van der Waals surface area contributed by atoms with Crippen LogP contribution < -0.4 is 5.32 Å². The van der Waals surface area contributed by atoms with Gasteiger partial charge in [-0.05, 0) is 53.1 Å². The number of carboxylic acid groups (broad SMARTS) is 1. The first kappa shape index (κ1) is 22.5. The van der Waals surface area contributed by atoms with E-state index in [2.05, 4.69) is 10.3 Å². The van der Waals surface area contributed by atoms with Crippen molar-refractivity contribution >= 4 is 17.1 Å². The van der Waals surface area contributed by atoms with Crippen LogP contribution in [0.3, 0.4) is 0 Å². The lowest BCUT2D eigenvalue weighted by molar-refractivity contribution is -0.137. The molecule has 0 bridgehead atoms. The fourth-order valence-corrected chi connectivity index (χ4v) is 3.45. The van der Waals surface area contributed by atoms with Crippen molar-refractivity contribution in [3.05, 3.63) is 77.6 Å². The predicted octanol–water partition coefficient (Wildman–Crippen LogP) is 5.88. The summed E-state index contributed by atoms with van der Waals surface area (Å²) in [6.45, 7) is 0.710. The van der Waals surface area contributed by atoms with Crippen LogP contribution in [0.25, 0.3) is 33.7 Å². The van der Waals surface area contributed by atoms with Gasteiger partial charge in [0.2, 0.25) is 5.89 Å². The van der Waals surface area contributed by atoms with Crippen LogP contribution in [0.2, 0.25) is 0 Å². The second-order valence-electron chi connectivity index (χ2n) is 7.41. The van der Waals surface area contributed by atoms with E-state index >= 15 is 0 Å². The number of nitrogens with one attached hydrogen (secondary N) is 1. The number of aliphatic carboxylic acids is 1. The van der Waals surface area contributed by atoms with E-state index < -0.39 is 23.5 Å². The lowest BCUT2D eigenvalue weighted by Gasteiger charge is -2.14. The van der Waals surface area contributed by atoms with Crippen molar-refractivity contribution < 1.29 is 31.9 Å². The summed E-state index contributed by atoms with van der Waals surface area (Å²) in [4.78, 5) is 14.9. The van der Waals surface area contributed by atoms with E-state index in [0.29, 0.717) is 24.2 Å². The molecule has 1 heterocycles. The van der Waals surface area contributed by atoms with Gasteiger partial charge in [0.25, 0.3) is 0 Å². The van der Waals surface area contributed by atoms with Gasteiger partial charge in [0.05, 0.1) is 12.0 Å². The molecule has 9 heteroatoms. The molecule has 0 unspecified atom stereocenters. The molecule has 0 aliphatic heterocycles. The molecule has 0 fully saturated rings. The first-order chi connectivity index (χ1) is 15.7. The third-order valence-electron chi connectivity index (χ3n) is 5.00. The number of fused-ring (bicyclic) bond motifs is 1. The number of carboxylic acids is 1. The number of aromatic nitrogens is 1. The summed E-state index contributed by atoms with van der Waals surface area (Å²) in [6.07, 6.45) is -4.68. The van der Waals surface area contributed by atoms with Gasteiger partial charge >= 0.3 is 12.1 Å². The maximum atomic E-state index is 13.8. The van der Waals surface area contributed by atoms with Crippen LogP contribution in [0.1, 0.15) is 17.5 Å². The van der Waals surface area contributed by atoms with Crippen molar-refractivity contribution in [3.8, 4) is 22.6 Å². The molecular weight excluding hydrogens is 440 g/mol. The van der Waals surface area contributed by atoms with Gasteiger partial charge < -0.3 is 14.8 Å². The molecular formula is C24H18F4N2O3. The molecule has 0 aliphatic rings. The smallest absolute Gasteiger partial charge is 0.417 e. The summed E-state index contributed by atoms with van der Waals surface area (Å²) in [6, 6.07) is 13.8. The van der Waals surface area contributed by atoms with Crippen LogP contribution >= 0.6 is 0 Å². The number of alkyl halides is 3. The molecule has 4 aromatic rings. The number of hydrogen-bond acceptors (Lipinski definition) is 4. The Morgan fingerprint density at radius 1 is 1.03 bits per heavy atom. The fraction of sp³-hybridized carbons (Fsp3) is 0.167. The molecule has 4 rings (SSSR count). The molecule has 0 radical (unpaired) electrons. The highest BCUT2D eigenvalue weighted by Gasteiger charge is 2.34. The first-order valence-electron chi connectivity index (χ1n) is 10.0. The molecule has 5 nitrogen and oxygen atoms in total. The second-order valence-corrected chi connectivity index (χ2v) is 7.41. The zero-order chi connectivity index (χ0) is 23.6. The lowest BCUT2D eigenvalue weighted by Crippen LogP contribution is -2.17. The van der Waals surface area contributed by atoms with Crippen molar-refractivity contribution in [2.75, 3.05) is 6.54 Å². The van der Waals surface area contributed by atoms with Crippen molar-refractivity contribution in [1.29, 1.82) is 0 Å². The molecule has 33 heavy (non-hydrogen) atoms. The quantitative estimate of drug-likeness (QED) is 0.267. The number of nitrogens with zero attached hydrogens (tertiary/aromatic N) is 1. The average molecular weight is 458 g/mol. The molecule has 170 valence electrons. The molecule has 0 saturated carbocycles. The molecule has 0 saturated heterocycles. The van der Waals surface area contributed by atoms with E-state index in [1.807, 2.05) is 0 Å². The fourth-order valence-electron chi connectivity index (χ4n) is 3.45. The average Bonchev–Trinajstić information content (AvgIpc) is 3.19. The van der Waals surface area contributed by atoms with Gasteiger partial charge in [0, 0.05) is 18.7 Å². The van der Waals surface area contributed by atoms with E-state index in [4.69, 9.17) is 9.52 Å². The maximum absolute atomic E-state index is 13.8. The first-order valence-corrected chi connectivity index (χ1v) is 10.0. The second kappa shape index (κ2) is 9.03. The minimum atomic E-state index is -4.67. The summed E-state index contributed by atoms with van der Waals surface area (Å²) in [7, 11) is 0. The van der Waals surface area contributed by atoms with Crippen molar-refractivity contribution in [2.45, 2.75) is 19.1 Å². The minimum absolute atomic E-state index is 0.0104. The monoisotopic (exact) mass is 458 g/mol. The molecule has 0 amide bonds. The Kier molecular flexibility index (Phi) is 6.15. The Morgan fingerprint density at radius 2 is 1.85 bits per heavy atom. The van der Waals surface area contributed by atoms with Gasteiger partial charge in [0.15, 0.2) is 5.58 Å². The van der Waals surface area contributed by atoms with Crippen LogP contribution in [-0.4, -0.2) is 22.6 Å². The van der Waals surface area contributed by atoms with Crippen LogP contribution in [-0.2, 0) is 17.5 Å². The highest BCUT2D eigenvalue weighted by atomic mass is 19.4. The zero-order valence-electron chi connectivity index (χ0n) is 17.1. The van der Waals surface area contributed by atoms with Crippen molar-refractivity contribution in [1.82, 2.24) is 10.3 Å². The van der Waals surface area contributed by atoms with E-state index in [9.17, 15) is 22.4 Å². The number of rotatable bonds is 7. The van der Waals surface area contributed by atoms with E-state index in [0.717, 1.165) is 17.7 Å². The van der Waals surface area contributed by atoms with Gasteiger partial charge in [-0.25, -0.2) is 9.37 Å². The predicted molar refractivity (Wildman–Crippen MR) is 114 cm³/mol. The van der Waals surface area contributed by atoms with Crippen molar-refractivity contribution in [2.24, 2.45) is 0 Å². The van der Waals surface area contributed by atoms with Gasteiger partial charge in [-0.1, -0.05) is 24.3 Å². The molecule has 0 spiro atoms. The molecule has 2 N–H and O–H groups in total. The SMILES string of the molecule is O=C(O)CCNCc1ccc2oc(-c3ccc(-c4cccc(F)c4)c(C(F)(F)F)c3)nc2c1. The number of hydrogen-bond donors (Lipinski definition) is 2. The Labute approximate surface area is 185 Å². The summed E-state index contributed by atoms with van der Waals surface area (Å²) in [5.74, 6) is -1.50. The third kappa shape index (κ3) is 5.20.